The zero-order valence-corrected chi connectivity index (χ0v) is 18.4. The maximum atomic E-state index is 5.76. The van der Waals surface area contributed by atoms with Crippen LogP contribution in [0.5, 0.6) is 0 Å². The lowest BCUT2D eigenvalue weighted by atomic mass is 9.96. The van der Waals surface area contributed by atoms with E-state index in [1.54, 1.807) is 0 Å². The van der Waals surface area contributed by atoms with E-state index in [1.807, 2.05) is 6.20 Å². The summed E-state index contributed by atoms with van der Waals surface area (Å²) in [6.45, 7) is 1.07. The van der Waals surface area contributed by atoms with Crippen LogP contribution < -0.4 is 11.5 Å². The van der Waals surface area contributed by atoms with Gasteiger partial charge in [-0.2, -0.15) is 0 Å². The van der Waals surface area contributed by atoms with E-state index < -0.39 is 0 Å². The summed E-state index contributed by atoms with van der Waals surface area (Å²) in [4.78, 5) is 9.52. The molecule has 0 spiro atoms. The molecule has 0 saturated heterocycles. The minimum atomic E-state index is 0.532. The van der Waals surface area contributed by atoms with Gasteiger partial charge < -0.3 is 11.5 Å². The Morgan fingerprint density at radius 3 is 1.77 bits per heavy atom. The number of pyridine rings is 2. The molecule has 5 heteroatoms. The van der Waals surface area contributed by atoms with Gasteiger partial charge in [0, 0.05) is 30.1 Å². The molecule has 5 rings (SSSR count). The molecule has 2 heterocycles. The predicted octanol–water partition coefficient (Wildman–Crippen LogP) is 5.80. The highest BCUT2D eigenvalue weighted by Gasteiger charge is 2.13. The van der Waals surface area contributed by atoms with Crippen molar-refractivity contribution in [2.75, 3.05) is 0 Å². The molecule has 152 valence electrons. The smallest absolute Gasteiger partial charge is 0.107 e. The van der Waals surface area contributed by atoms with Gasteiger partial charge in [-0.3, -0.25) is 4.98 Å². The maximum Gasteiger partial charge on any atom is 0.107 e. The van der Waals surface area contributed by atoms with E-state index in [2.05, 4.69) is 88.7 Å². The summed E-state index contributed by atoms with van der Waals surface area (Å²) in [6, 6.07) is 25.1. The Balaban J connectivity index is 1.74. The van der Waals surface area contributed by atoms with Crippen molar-refractivity contribution in [1.29, 1.82) is 0 Å². The third-order valence-corrected chi connectivity index (χ3v) is 6.07. The first-order chi connectivity index (χ1) is 15.2. The largest absolute Gasteiger partial charge is 0.326 e. The van der Waals surface area contributed by atoms with E-state index in [0.717, 1.165) is 59.8 Å². The van der Waals surface area contributed by atoms with E-state index >= 15 is 0 Å². The molecule has 2 aromatic heterocycles. The molecule has 0 atom stereocenters. The number of nitrogens with two attached hydrogens (primary N) is 2. The third-order valence-electron chi connectivity index (χ3n) is 5.66. The molecule has 4 N–H and O–H groups in total. The lowest BCUT2D eigenvalue weighted by Gasteiger charge is -2.12. The van der Waals surface area contributed by atoms with Crippen LogP contribution >= 0.6 is 15.9 Å². The fraction of sp³-hybridized carbons (Fsp3) is 0.0769. The second-order valence-corrected chi connectivity index (χ2v) is 8.32. The van der Waals surface area contributed by atoms with Crippen molar-refractivity contribution in [3.8, 4) is 22.3 Å². The van der Waals surface area contributed by atoms with Crippen molar-refractivity contribution < 1.29 is 0 Å². The van der Waals surface area contributed by atoms with E-state index in [9.17, 15) is 0 Å². The molecule has 0 aliphatic carbocycles. The van der Waals surface area contributed by atoms with Crippen molar-refractivity contribution in [3.63, 3.8) is 0 Å². The summed E-state index contributed by atoms with van der Waals surface area (Å²) >= 11 is 3.60. The van der Waals surface area contributed by atoms with Crippen molar-refractivity contribution >= 4 is 37.7 Å². The lowest BCUT2D eigenvalue weighted by molar-refractivity contribution is 1.07. The molecule has 3 aromatic carbocycles. The van der Waals surface area contributed by atoms with Gasteiger partial charge in [0.05, 0.1) is 11.0 Å². The monoisotopic (exact) mass is 468 g/mol. The van der Waals surface area contributed by atoms with E-state index in [0.29, 0.717) is 13.1 Å². The van der Waals surface area contributed by atoms with Gasteiger partial charge in [0.15, 0.2) is 0 Å². The topological polar surface area (TPSA) is 77.8 Å². The summed E-state index contributed by atoms with van der Waals surface area (Å²) in [5.41, 5.74) is 20.0. The van der Waals surface area contributed by atoms with Crippen LogP contribution in [0.1, 0.15) is 11.1 Å². The predicted molar refractivity (Wildman–Crippen MR) is 131 cm³/mol. The summed E-state index contributed by atoms with van der Waals surface area (Å²) in [7, 11) is 0. The summed E-state index contributed by atoms with van der Waals surface area (Å²) < 4.78 is 0.782. The molecule has 0 aliphatic rings. The van der Waals surface area contributed by atoms with Gasteiger partial charge in [-0.15, -0.1) is 0 Å². The van der Waals surface area contributed by atoms with Crippen LogP contribution in [0.25, 0.3) is 44.1 Å². The first-order valence-corrected chi connectivity index (χ1v) is 10.9. The second kappa shape index (κ2) is 8.19. The van der Waals surface area contributed by atoms with Crippen LogP contribution in [0.4, 0.5) is 0 Å². The van der Waals surface area contributed by atoms with Crippen LogP contribution in [0.15, 0.2) is 83.6 Å². The highest BCUT2D eigenvalue weighted by Crippen LogP contribution is 2.36. The van der Waals surface area contributed by atoms with Gasteiger partial charge in [-0.05, 0) is 61.4 Å². The molecule has 0 aliphatic heterocycles. The van der Waals surface area contributed by atoms with E-state index in [4.69, 9.17) is 21.4 Å². The number of rotatable bonds is 4. The Labute approximate surface area is 189 Å². The molecular formula is C26H21BrN4. The Bertz CT molecular complexity index is 1390. The number of halogens is 1. The number of benzene rings is 3. The highest BCUT2D eigenvalue weighted by atomic mass is 79.9. The van der Waals surface area contributed by atoms with Crippen molar-refractivity contribution in [3.05, 3.63) is 94.7 Å². The number of hydrogen-bond acceptors (Lipinski definition) is 4. The minimum absolute atomic E-state index is 0.532. The van der Waals surface area contributed by atoms with Crippen molar-refractivity contribution in [2.45, 2.75) is 13.1 Å². The standard InChI is InChI=1S/C26H21BrN4/c27-24-13-23(19-7-3-17(15-29)4-8-19)22-10-9-21-20(11-12-30-25(21)26(22)31-24)18-5-1-16(14-28)2-6-18/h1-13H,14-15,28-29H2. The zero-order chi connectivity index (χ0) is 21.4. The van der Waals surface area contributed by atoms with Crippen molar-refractivity contribution in [1.82, 2.24) is 9.97 Å². The van der Waals surface area contributed by atoms with Crippen LogP contribution in [0, 0.1) is 0 Å². The quantitative estimate of drug-likeness (QED) is 0.258. The molecule has 0 unspecified atom stereocenters. The Hall–Kier alpha value is -3.12. The van der Waals surface area contributed by atoms with Crippen LogP contribution in [0.2, 0.25) is 0 Å². The van der Waals surface area contributed by atoms with Gasteiger partial charge >= 0.3 is 0 Å². The molecule has 0 amide bonds. The lowest BCUT2D eigenvalue weighted by Crippen LogP contribution is -1.96. The van der Waals surface area contributed by atoms with Gasteiger partial charge in [-0.1, -0.05) is 60.7 Å². The van der Waals surface area contributed by atoms with Gasteiger partial charge in [0.25, 0.3) is 0 Å². The number of fused-ring (bicyclic) bond motifs is 3. The second-order valence-electron chi connectivity index (χ2n) is 7.51. The third kappa shape index (κ3) is 3.61. The minimum Gasteiger partial charge on any atom is -0.326 e. The molecule has 5 aromatic rings. The molecule has 0 radical (unpaired) electrons. The number of aromatic nitrogens is 2. The summed E-state index contributed by atoms with van der Waals surface area (Å²) in [5.74, 6) is 0. The zero-order valence-electron chi connectivity index (χ0n) is 16.8. The van der Waals surface area contributed by atoms with Gasteiger partial charge in [-0.25, -0.2) is 4.98 Å². The summed E-state index contributed by atoms with van der Waals surface area (Å²) in [5, 5.41) is 2.14. The molecular weight excluding hydrogens is 448 g/mol. The normalized spacial score (nSPS) is 11.3. The van der Waals surface area contributed by atoms with Crippen LogP contribution in [-0.4, -0.2) is 9.97 Å². The van der Waals surface area contributed by atoms with Gasteiger partial charge in [0.1, 0.15) is 4.60 Å². The van der Waals surface area contributed by atoms with Crippen molar-refractivity contribution in [2.24, 2.45) is 11.5 Å². The number of nitrogens with zero attached hydrogens (tertiary/aromatic N) is 2. The number of hydrogen-bond donors (Lipinski definition) is 2. The highest BCUT2D eigenvalue weighted by molar-refractivity contribution is 9.10. The maximum absolute atomic E-state index is 5.76. The van der Waals surface area contributed by atoms with E-state index in [1.165, 1.54) is 0 Å². The average Bonchev–Trinajstić information content (AvgIpc) is 2.83. The SMILES string of the molecule is NCc1ccc(-c2ccnc3c2ccc2c(-c4ccc(CN)cc4)cc(Br)nc23)cc1. The Morgan fingerprint density at radius 2 is 1.19 bits per heavy atom. The van der Waals surface area contributed by atoms with E-state index in [-0.39, 0.29) is 0 Å². The van der Waals surface area contributed by atoms with Crippen LogP contribution in [-0.2, 0) is 13.1 Å². The first-order valence-electron chi connectivity index (χ1n) is 10.1. The van der Waals surface area contributed by atoms with Gasteiger partial charge in [0.2, 0.25) is 0 Å². The Morgan fingerprint density at radius 1 is 0.645 bits per heavy atom. The molecule has 31 heavy (non-hydrogen) atoms. The molecule has 4 nitrogen and oxygen atoms in total. The fourth-order valence-corrected chi connectivity index (χ4v) is 4.41. The van der Waals surface area contributed by atoms with Crippen LogP contribution in [0.3, 0.4) is 0 Å². The summed E-state index contributed by atoms with van der Waals surface area (Å²) in [6.07, 6.45) is 1.85. The molecule has 0 bridgehead atoms. The first kappa shape index (κ1) is 19.8. The fourth-order valence-electron chi connectivity index (χ4n) is 4.00. The molecule has 0 saturated carbocycles. The average molecular weight is 469 g/mol. The molecule has 0 fully saturated rings. The Kier molecular flexibility index (Phi) is 5.24.